The number of rotatable bonds is 13. The van der Waals surface area contributed by atoms with Crippen molar-refractivity contribution in [2.24, 2.45) is 0 Å². The van der Waals surface area contributed by atoms with Crippen LogP contribution in [0.4, 0.5) is 23.2 Å². The van der Waals surface area contributed by atoms with Gasteiger partial charge in [-0.3, -0.25) is 14.2 Å². The molecule has 1 heterocycles. The lowest BCUT2D eigenvalue weighted by Crippen LogP contribution is -2.31. The van der Waals surface area contributed by atoms with Crippen molar-refractivity contribution in [1.29, 1.82) is 0 Å². The number of hydrogen-bond acceptors (Lipinski definition) is 7. The zero-order valence-corrected chi connectivity index (χ0v) is 29.8. The summed E-state index contributed by atoms with van der Waals surface area (Å²) in [4.78, 5) is 38.3. The van der Waals surface area contributed by atoms with E-state index in [0.29, 0.717) is 23.6 Å². The van der Waals surface area contributed by atoms with Crippen LogP contribution in [0.2, 0.25) is 5.02 Å². The van der Waals surface area contributed by atoms with E-state index in [0.717, 1.165) is 22.8 Å². The fraction of sp³-hybridized carbons (Fsp3) is 0.222. The highest BCUT2D eigenvalue weighted by Crippen LogP contribution is 2.35. The van der Waals surface area contributed by atoms with E-state index in [9.17, 15) is 36.0 Å². The van der Waals surface area contributed by atoms with Crippen LogP contribution in [0.3, 0.4) is 0 Å². The van der Waals surface area contributed by atoms with Crippen molar-refractivity contribution in [3.63, 3.8) is 0 Å². The summed E-state index contributed by atoms with van der Waals surface area (Å²) >= 11 is 6.06. The van der Waals surface area contributed by atoms with Crippen LogP contribution in [0.25, 0.3) is 16.8 Å². The number of nitrogens with zero attached hydrogens (tertiary/aromatic N) is 3. The number of aromatic nitrogens is 3. The van der Waals surface area contributed by atoms with Crippen LogP contribution in [-0.2, 0) is 38.7 Å². The van der Waals surface area contributed by atoms with Gasteiger partial charge in [-0.05, 0) is 54.4 Å². The molecule has 0 fully saturated rings. The summed E-state index contributed by atoms with van der Waals surface area (Å²) in [6.07, 6.45) is -3.56. The number of hydrogen-bond donors (Lipinski definition) is 2. The van der Waals surface area contributed by atoms with E-state index in [2.05, 4.69) is 10.4 Å². The number of alkyl halides is 3. The van der Waals surface area contributed by atoms with Gasteiger partial charge in [-0.1, -0.05) is 67.4 Å². The van der Waals surface area contributed by atoms with Crippen molar-refractivity contribution in [1.82, 2.24) is 19.1 Å². The first-order valence-corrected chi connectivity index (χ1v) is 17.9. The van der Waals surface area contributed by atoms with Gasteiger partial charge >= 0.3 is 11.9 Å². The van der Waals surface area contributed by atoms with Gasteiger partial charge in [0.1, 0.15) is 18.2 Å². The monoisotopic (exact) mass is 773 g/mol. The van der Waals surface area contributed by atoms with Gasteiger partial charge in [0.25, 0.3) is 15.9 Å². The molecule has 0 aliphatic heterocycles. The number of halogens is 5. The molecule has 0 saturated heterocycles. The molecule has 0 aliphatic rings. The number of carbonyl (C=O) groups excluding carboxylic acids is 2. The Labute approximate surface area is 306 Å². The van der Waals surface area contributed by atoms with Crippen molar-refractivity contribution in [2.45, 2.75) is 43.8 Å². The molecule has 0 bridgehead atoms. The summed E-state index contributed by atoms with van der Waals surface area (Å²) in [5, 5.41) is 6.67. The lowest BCUT2D eigenvalue weighted by atomic mass is 10.0. The van der Waals surface area contributed by atoms with E-state index in [4.69, 9.17) is 16.3 Å². The Morgan fingerprint density at radius 3 is 2.38 bits per heavy atom. The van der Waals surface area contributed by atoms with E-state index in [1.54, 1.807) is 6.07 Å². The van der Waals surface area contributed by atoms with Gasteiger partial charge in [0.05, 0.1) is 33.3 Å². The third-order valence-electron chi connectivity index (χ3n) is 8.00. The SMILES string of the molecule is CCCCc1nn(-c2cc(NC(=O)COC)ccc2C(F)(F)F)c(=O)n1Cc1ccc(-c2ccccc2S(=O)(=O)NC(=O)c2ccccc2Cl)cc1F. The zero-order chi connectivity index (χ0) is 38.5. The summed E-state index contributed by atoms with van der Waals surface area (Å²) in [5.41, 5.74) is -2.81. The summed E-state index contributed by atoms with van der Waals surface area (Å²) in [5.74, 6) is -2.37. The van der Waals surface area contributed by atoms with Gasteiger partial charge < -0.3 is 10.1 Å². The minimum atomic E-state index is -4.90. The maximum Gasteiger partial charge on any atom is 0.418 e. The molecule has 0 atom stereocenters. The van der Waals surface area contributed by atoms with Crippen LogP contribution in [0.5, 0.6) is 0 Å². The molecule has 2 amide bonds. The maximum atomic E-state index is 15.9. The number of sulfonamides is 1. The zero-order valence-electron chi connectivity index (χ0n) is 28.2. The van der Waals surface area contributed by atoms with Gasteiger partial charge in [-0.15, -0.1) is 5.10 Å². The fourth-order valence-electron chi connectivity index (χ4n) is 5.46. The number of nitrogens with one attached hydrogen (secondary N) is 2. The van der Waals surface area contributed by atoms with Gasteiger partial charge in [-0.25, -0.2) is 22.3 Å². The molecule has 17 heteroatoms. The van der Waals surface area contributed by atoms with Crippen molar-refractivity contribution in [2.75, 3.05) is 19.0 Å². The number of aryl methyl sites for hydroxylation is 1. The molecule has 5 rings (SSSR count). The number of unbranched alkanes of at least 4 members (excludes halogenated alkanes) is 1. The first-order valence-electron chi connectivity index (χ1n) is 16.0. The first-order chi connectivity index (χ1) is 25.1. The van der Waals surface area contributed by atoms with Gasteiger partial charge in [-0.2, -0.15) is 17.9 Å². The Morgan fingerprint density at radius 1 is 0.981 bits per heavy atom. The molecule has 11 nitrogen and oxygen atoms in total. The van der Waals surface area contributed by atoms with Gasteiger partial charge in [0.15, 0.2) is 0 Å². The molecule has 0 spiro atoms. The molecule has 5 aromatic rings. The quantitative estimate of drug-likeness (QED) is 0.128. The van der Waals surface area contributed by atoms with Gasteiger partial charge in [0.2, 0.25) is 5.91 Å². The largest absolute Gasteiger partial charge is 0.418 e. The molecule has 4 aromatic carbocycles. The summed E-state index contributed by atoms with van der Waals surface area (Å²) in [6, 6.07) is 18.0. The highest BCUT2D eigenvalue weighted by atomic mass is 35.5. The number of ether oxygens (including phenoxy) is 1. The second-order valence-corrected chi connectivity index (χ2v) is 13.8. The Bertz CT molecular complexity index is 2340. The summed E-state index contributed by atoms with van der Waals surface area (Å²) < 4.78 is 93.4. The Balaban J connectivity index is 1.51. The molecule has 53 heavy (non-hydrogen) atoms. The van der Waals surface area contributed by atoms with Crippen molar-refractivity contribution >= 4 is 39.1 Å². The minimum Gasteiger partial charge on any atom is -0.375 e. The molecule has 0 unspecified atom stereocenters. The molecule has 1 aromatic heterocycles. The molecular weight excluding hydrogens is 742 g/mol. The molecule has 2 N–H and O–H groups in total. The lowest BCUT2D eigenvalue weighted by Gasteiger charge is -2.14. The normalized spacial score (nSPS) is 11.8. The van der Waals surface area contributed by atoms with E-state index in [-0.39, 0.29) is 56.7 Å². The third kappa shape index (κ3) is 8.84. The van der Waals surface area contributed by atoms with Crippen LogP contribution in [0.1, 0.15) is 47.1 Å². The number of methoxy groups -OCH3 is 1. The van der Waals surface area contributed by atoms with Crippen LogP contribution >= 0.6 is 11.6 Å². The average molecular weight is 774 g/mol. The van der Waals surface area contributed by atoms with Crippen molar-refractivity contribution < 1.29 is 40.3 Å². The molecular formula is C36H32ClF4N5O6S. The summed E-state index contributed by atoms with van der Waals surface area (Å²) in [7, 11) is -3.22. The minimum absolute atomic E-state index is 0.0365. The lowest BCUT2D eigenvalue weighted by molar-refractivity contribution is -0.137. The number of amides is 2. The highest BCUT2D eigenvalue weighted by molar-refractivity contribution is 7.90. The van der Waals surface area contributed by atoms with E-state index in [1.807, 2.05) is 11.6 Å². The van der Waals surface area contributed by atoms with Crippen molar-refractivity contribution in [3.05, 3.63) is 129 Å². The first kappa shape index (κ1) is 38.9. The summed E-state index contributed by atoms with van der Waals surface area (Å²) in [6.45, 7) is 1.08. The molecule has 0 radical (unpaired) electrons. The van der Waals surface area contributed by atoms with Crippen LogP contribution in [-0.4, -0.2) is 48.3 Å². The predicted octanol–water partition coefficient (Wildman–Crippen LogP) is 6.61. The maximum absolute atomic E-state index is 15.9. The third-order valence-corrected chi connectivity index (χ3v) is 9.72. The Morgan fingerprint density at radius 2 is 1.70 bits per heavy atom. The second kappa shape index (κ2) is 16.1. The topological polar surface area (TPSA) is 141 Å². The molecule has 0 saturated carbocycles. The highest BCUT2D eigenvalue weighted by Gasteiger charge is 2.35. The Hall–Kier alpha value is -5.32. The van der Waals surface area contributed by atoms with Crippen LogP contribution in [0, 0.1) is 5.82 Å². The molecule has 278 valence electrons. The number of benzene rings is 4. The van der Waals surface area contributed by atoms with Gasteiger partial charge in [0, 0.05) is 30.3 Å². The predicted molar refractivity (Wildman–Crippen MR) is 189 cm³/mol. The average Bonchev–Trinajstić information content (AvgIpc) is 3.41. The van der Waals surface area contributed by atoms with Crippen molar-refractivity contribution in [3.8, 4) is 16.8 Å². The number of anilines is 1. The fourth-order valence-corrected chi connectivity index (χ4v) is 6.87. The standard InChI is InChI=1S/C36H32ClF4N5O6S/c1-3-4-13-32-43-46(30-19-24(42-33(47)21-52-2)16-17-27(30)36(39,40)41)35(49)45(32)20-23-15-14-22(18-29(23)38)25-9-6-8-12-31(25)53(50,51)44-34(48)26-10-5-7-11-28(26)37/h5-12,14-19H,3-4,13,20-21H2,1-2H3,(H,42,47)(H,44,48). The smallest absolute Gasteiger partial charge is 0.375 e. The van der Waals surface area contributed by atoms with Crippen LogP contribution < -0.4 is 15.7 Å². The Kier molecular flexibility index (Phi) is 11.8. The number of carbonyl (C=O) groups is 2. The van der Waals surface area contributed by atoms with Crippen LogP contribution in [0.15, 0.2) is 94.6 Å². The molecule has 0 aliphatic carbocycles. The second-order valence-electron chi connectivity index (χ2n) is 11.7. The van der Waals surface area contributed by atoms with E-state index < -0.39 is 57.3 Å². The van der Waals surface area contributed by atoms with E-state index in [1.165, 1.54) is 61.7 Å². The van der Waals surface area contributed by atoms with E-state index >= 15 is 4.39 Å².